The Bertz CT molecular complexity index is 997. The molecule has 0 aliphatic rings. The van der Waals surface area contributed by atoms with Crippen molar-refractivity contribution in [1.29, 1.82) is 0 Å². The standard InChI is InChI=1S/C30H47NO10/c1-8-11-20(4)26(32)37-17-16-30(31,27(33)36-7)19-23-14-15-24(40-28(34)38-21(5)12-9-2)25(18-23)41-29(35)39-22(6)13-10-3/h14-15,18,20-22H,8-13,16-17,19,31H2,1-7H3/t20-,21?,22?,30?/m0/s1. The second kappa shape index (κ2) is 18.2. The lowest BCUT2D eigenvalue weighted by Crippen LogP contribution is -2.51. The van der Waals surface area contributed by atoms with E-state index in [1.807, 2.05) is 20.8 Å². The number of carbonyl (C=O) groups is 4. The van der Waals surface area contributed by atoms with Gasteiger partial charge in [0.25, 0.3) is 0 Å². The minimum absolute atomic E-state index is 0.0169. The van der Waals surface area contributed by atoms with Crippen molar-refractivity contribution in [3.05, 3.63) is 23.8 Å². The van der Waals surface area contributed by atoms with E-state index in [0.717, 1.165) is 19.3 Å². The molecule has 0 aromatic heterocycles. The molecule has 232 valence electrons. The first-order valence-corrected chi connectivity index (χ1v) is 14.3. The van der Waals surface area contributed by atoms with Gasteiger partial charge < -0.3 is 34.2 Å². The molecule has 11 heteroatoms. The predicted octanol–water partition coefficient (Wildman–Crippen LogP) is 5.88. The fraction of sp³-hybridized carbons (Fsp3) is 0.667. The fourth-order valence-electron chi connectivity index (χ4n) is 4.17. The van der Waals surface area contributed by atoms with Crippen LogP contribution >= 0.6 is 0 Å². The zero-order valence-electron chi connectivity index (χ0n) is 25.5. The zero-order chi connectivity index (χ0) is 31.0. The summed E-state index contributed by atoms with van der Waals surface area (Å²) in [5.74, 6) is -1.55. The third-order valence-electron chi connectivity index (χ3n) is 6.41. The number of benzene rings is 1. The highest BCUT2D eigenvalue weighted by molar-refractivity contribution is 5.81. The third kappa shape index (κ3) is 12.8. The molecule has 1 rings (SSSR count). The van der Waals surface area contributed by atoms with Gasteiger partial charge in [-0.25, -0.2) is 9.59 Å². The van der Waals surface area contributed by atoms with Crippen molar-refractivity contribution in [2.24, 2.45) is 11.7 Å². The normalized spacial score (nSPS) is 14.5. The summed E-state index contributed by atoms with van der Waals surface area (Å²) < 4.78 is 31.5. The van der Waals surface area contributed by atoms with Crippen LogP contribution in [-0.2, 0) is 35.0 Å². The summed E-state index contributed by atoms with van der Waals surface area (Å²) in [6, 6.07) is 4.39. The Morgan fingerprint density at radius 2 is 1.37 bits per heavy atom. The van der Waals surface area contributed by atoms with Gasteiger partial charge in [0.15, 0.2) is 11.5 Å². The summed E-state index contributed by atoms with van der Waals surface area (Å²) in [6.07, 6.45) is 1.65. The van der Waals surface area contributed by atoms with Crippen LogP contribution in [0, 0.1) is 5.92 Å². The van der Waals surface area contributed by atoms with Gasteiger partial charge in [-0.2, -0.15) is 0 Å². The van der Waals surface area contributed by atoms with Crippen molar-refractivity contribution in [2.75, 3.05) is 13.7 Å². The van der Waals surface area contributed by atoms with E-state index in [4.69, 9.17) is 34.2 Å². The molecular weight excluding hydrogens is 534 g/mol. The van der Waals surface area contributed by atoms with E-state index >= 15 is 0 Å². The summed E-state index contributed by atoms with van der Waals surface area (Å²) >= 11 is 0. The third-order valence-corrected chi connectivity index (χ3v) is 6.41. The molecule has 0 saturated carbocycles. The SMILES string of the molecule is CCCC(C)OC(=O)Oc1ccc(CC(N)(CCOC(=O)[C@@H](C)CCC)C(=O)OC)cc1OC(=O)OC(C)CCC. The molecule has 0 bridgehead atoms. The van der Waals surface area contributed by atoms with Crippen LogP contribution in [0.4, 0.5) is 9.59 Å². The number of rotatable bonds is 17. The van der Waals surface area contributed by atoms with Crippen LogP contribution in [0.5, 0.6) is 11.5 Å². The molecule has 0 heterocycles. The maximum Gasteiger partial charge on any atom is 0.514 e. The van der Waals surface area contributed by atoms with Crippen LogP contribution in [0.2, 0.25) is 0 Å². The largest absolute Gasteiger partial charge is 0.514 e. The summed E-state index contributed by atoms with van der Waals surface area (Å²) in [7, 11) is 1.21. The van der Waals surface area contributed by atoms with Gasteiger partial charge in [-0.05, 0) is 50.8 Å². The van der Waals surface area contributed by atoms with Crippen molar-refractivity contribution in [3.63, 3.8) is 0 Å². The van der Waals surface area contributed by atoms with E-state index in [1.54, 1.807) is 26.8 Å². The molecule has 41 heavy (non-hydrogen) atoms. The van der Waals surface area contributed by atoms with Gasteiger partial charge in [-0.15, -0.1) is 0 Å². The Hall–Kier alpha value is -3.34. The molecule has 11 nitrogen and oxygen atoms in total. The minimum atomic E-state index is -1.56. The Labute approximate surface area is 243 Å². The van der Waals surface area contributed by atoms with Crippen LogP contribution in [0.3, 0.4) is 0 Å². The molecule has 0 saturated heterocycles. The first kappa shape index (κ1) is 35.7. The molecule has 3 unspecified atom stereocenters. The first-order chi connectivity index (χ1) is 19.4. The predicted molar refractivity (Wildman–Crippen MR) is 152 cm³/mol. The van der Waals surface area contributed by atoms with Gasteiger partial charge >= 0.3 is 24.2 Å². The summed E-state index contributed by atoms with van der Waals surface area (Å²) in [5.41, 5.74) is 5.36. The van der Waals surface area contributed by atoms with E-state index in [2.05, 4.69) is 0 Å². The van der Waals surface area contributed by atoms with Crippen molar-refractivity contribution in [3.8, 4) is 11.5 Å². The Morgan fingerprint density at radius 3 is 1.88 bits per heavy atom. The quantitative estimate of drug-likeness (QED) is 0.133. The molecule has 1 aromatic carbocycles. The van der Waals surface area contributed by atoms with E-state index in [9.17, 15) is 19.2 Å². The number of esters is 2. The average Bonchev–Trinajstić information content (AvgIpc) is 2.89. The molecule has 0 amide bonds. The number of hydrogen-bond acceptors (Lipinski definition) is 11. The van der Waals surface area contributed by atoms with E-state index < -0.39 is 29.9 Å². The first-order valence-electron chi connectivity index (χ1n) is 14.3. The van der Waals surface area contributed by atoms with E-state index in [0.29, 0.717) is 24.8 Å². The molecule has 0 aliphatic carbocycles. The van der Waals surface area contributed by atoms with E-state index in [1.165, 1.54) is 19.2 Å². The van der Waals surface area contributed by atoms with Gasteiger partial charge in [-0.1, -0.05) is 53.0 Å². The van der Waals surface area contributed by atoms with Crippen LogP contribution in [0.25, 0.3) is 0 Å². The Balaban J connectivity index is 3.19. The Morgan fingerprint density at radius 1 is 0.829 bits per heavy atom. The topological polar surface area (TPSA) is 150 Å². The van der Waals surface area contributed by atoms with Crippen molar-refractivity contribution < 1.29 is 47.6 Å². The molecular formula is C30H47NO10. The fourth-order valence-corrected chi connectivity index (χ4v) is 4.17. The molecule has 2 N–H and O–H groups in total. The summed E-state index contributed by atoms with van der Waals surface area (Å²) in [6.45, 7) is 11.1. The molecule has 0 fully saturated rings. The lowest BCUT2D eigenvalue weighted by Gasteiger charge is -2.27. The van der Waals surface area contributed by atoms with Gasteiger partial charge in [0.2, 0.25) is 0 Å². The van der Waals surface area contributed by atoms with Crippen LogP contribution in [-0.4, -0.2) is 55.7 Å². The van der Waals surface area contributed by atoms with Crippen molar-refractivity contribution >= 4 is 24.2 Å². The highest BCUT2D eigenvalue weighted by Crippen LogP contribution is 2.31. The molecule has 1 aromatic rings. The number of ether oxygens (including phenoxy) is 6. The lowest BCUT2D eigenvalue weighted by atomic mass is 9.88. The smallest absolute Gasteiger partial charge is 0.468 e. The molecule has 4 atom stereocenters. The molecule has 0 spiro atoms. The van der Waals surface area contributed by atoms with Crippen molar-refractivity contribution in [1.82, 2.24) is 0 Å². The Kier molecular flexibility index (Phi) is 15.8. The highest BCUT2D eigenvalue weighted by Gasteiger charge is 2.36. The molecule has 0 aliphatic heterocycles. The van der Waals surface area contributed by atoms with Gasteiger partial charge in [0, 0.05) is 12.8 Å². The zero-order valence-corrected chi connectivity index (χ0v) is 25.5. The van der Waals surface area contributed by atoms with Gasteiger partial charge in [0.05, 0.1) is 19.6 Å². The van der Waals surface area contributed by atoms with Gasteiger partial charge in [0.1, 0.15) is 17.7 Å². The highest BCUT2D eigenvalue weighted by atomic mass is 16.7. The molecule has 0 radical (unpaired) electrons. The lowest BCUT2D eigenvalue weighted by molar-refractivity contribution is -0.153. The van der Waals surface area contributed by atoms with E-state index in [-0.39, 0.29) is 48.9 Å². The monoisotopic (exact) mass is 581 g/mol. The van der Waals surface area contributed by atoms with Crippen molar-refractivity contribution in [2.45, 2.75) is 111 Å². The van der Waals surface area contributed by atoms with Crippen LogP contribution < -0.4 is 15.2 Å². The summed E-state index contributed by atoms with van der Waals surface area (Å²) in [4.78, 5) is 49.8. The maximum absolute atomic E-state index is 12.7. The number of methoxy groups -OCH3 is 1. The van der Waals surface area contributed by atoms with Crippen LogP contribution in [0.1, 0.15) is 92.1 Å². The number of hydrogen-bond donors (Lipinski definition) is 1. The van der Waals surface area contributed by atoms with Crippen LogP contribution in [0.15, 0.2) is 18.2 Å². The summed E-state index contributed by atoms with van der Waals surface area (Å²) in [5, 5.41) is 0. The average molecular weight is 582 g/mol. The minimum Gasteiger partial charge on any atom is -0.468 e. The number of nitrogens with two attached hydrogens (primary N) is 1. The van der Waals surface area contributed by atoms with Gasteiger partial charge in [-0.3, -0.25) is 9.59 Å². The number of carbonyl (C=O) groups excluding carboxylic acids is 4. The maximum atomic E-state index is 12.7. The second-order valence-electron chi connectivity index (χ2n) is 10.4. The second-order valence-corrected chi connectivity index (χ2v) is 10.4.